The number of likely N-dealkylation sites (N-methyl/N-ethyl adjacent to an activating group) is 1. The van der Waals surface area contributed by atoms with Gasteiger partial charge in [0.1, 0.15) is 5.82 Å². The van der Waals surface area contributed by atoms with Crippen molar-refractivity contribution in [3.05, 3.63) is 44.6 Å². The zero-order chi connectivity index (χ0) is 13.0. The highest BCUT2D eigenvalue weighted by molar-refractivity contribution is 9.10. The van der Waals surface area contributed by atoms with Crippen molar-refractivity contribution in [3.8, 4) is 0 Å². The summed E-state index contributed by atoms with van der Waals surface area (Å²) in [6.45, 7) is 4.97. The number of halogens is 1. The Hall–Kier alpha value is -0.780. The van der Waals surface area contributed by atoms with Crippen LogP contribution in [0.5, 0.6) is 0 Å². The summed E-state index contributed by atoms with van der Waals surface area (Å²) in [5.41, 5.74) is 1.06. The van der Waals surface area contributed by atoms with Crippen molar-refractivity contribution in [2.75, 3.05) is 6.54 Å². The molecule has 1 atom stereocenters. The number of nitrogens with zero attached hydrogens (tertiary/aromatic N) is 2. The molecule has 0 radical (unpaired) electrons. The first-order chi connectivity index (χ1) is 8.70. The van der Waals surface area contributed by atoms with Gasteiger partial charge in [-0.2, -0.15) is 0 Å². The molecule has 2 rings (SSSR count). The Balaban J connectivity index is 2.20. The SMILES string of the molecule is CCNC(Cc1sccc1Br)c1ccnc(C)n1. The predicted octanol–water partition coefficient (Wildman–Crippen LogP) is 3.50. The van der Waals surface area contributed by atoms with Gasteiger partial charge in [0, 0.05) is 22.0 Å². The number of thiophene rings is 1. The van der Waals surface area contributed by atoms with Gasteiger partial charge in [0.25, 0.3) is 0 Å². The Bertz CT molecular complexity index is 512. The third-order valence-electron chi connectivity index (χ3n) is 2.69. The number of aryl methyl sites for hydroxylation is 1. The highest BCUT2D eigenvalue weighted by Gasteiger charge is 2.15. The molecule has 0 aliphatic rings. The highest BCUT2D eigenvalue weighted by Crippen LogP contribution is 2.27. The van der Waals surface area contributed by atoms with Crippen molar-refractivity contribution in [2.24, 2.45) is 0 Å². The Kier molecular flexibility index (Phi) is 4.86. The first-order valence-corrected chi connectivity index (χ1v) is 7.62. The fourth-order valence-corrected chi connectivity index (χ4v) is 3.41. The Morgan fingerprint density at radius 2 is 2.28 bits per heavy atom. The summed E-state index contributed by atoms with van der Waals surface area (Å²) in [4.78, 5) is 10.0. The van der Waals surface area contributed by atoms with Crippen LogP contribution in [0, 0.1) is 6.92 Å². The standard InChI is InChI=1S/C13H16BrN3S/c1-3-15-12(8-13-10(14)5-7-18-13)11-4-6-16-9(2)17-11/h4-7,12,15H,3,8H2,1-2H3. The second kappa shape index (κ2) is 6.41. The molecular weight excluding hydrogens is 310 g/mol. The molecule has 0 saturated heterocycles. The summed E-state index contributed by atoms with van der Waals surface area (Å²) in [7, 11) is 0. The van der Waals surface area contributed by atoms with Crippen molar-refractivity contribution in [2.45, 2.75) is 26.3 Å². The molecule has 18 heavy (non-hydrogen) atoms. The molecule has 0 saturated carbocycles. The normalized spacial score (nSPS) is 12.6. The zero-order valence-electron chi connectivity index (χ0n) is 10.5. The first-order valence-electron chi connectivity index (χ1n) is 5.95. The quantitative estimate of drug-likeness (QED) is 0.914. The summed E-state index contributed by atoms with van der Waals surface area (Å²) in [6.07, 6.45) is 2.77. The lowest BCUT2D eigenvalue weighted by atomic mass is 10.1. The maximum Gasteiger partial charge on any atom is 0.125 e. The fraction of sp³-hybridized carbons (Fsp3) is 0.385. The Morgan fingerprint density at radius 1 is 1.44 bits per heavy atom. The van der Waals surface area contributed by atoms with Crippen LogP contribution >= 0.6 is 27.3 Å². The Labute approximate surface area is 120 Å². The second-order valence-electron chi connectivity index (χ2n) is 4.03. The molecular formula is C13H16BrN3S. The molecule has 96 valence electrons. The van der Waals surface area contributed by atoms with E-state index < -0.39 is 0 Å². The summed E-state index contributed by atoms with van der Waals surface area (Å²) < 4.78 is 1.18. The summed E-state index contributed by atoms with van der Waals surface area (Å²) >= 11 is 5.36. The van der Waals surface area contributed by atoms with Gasteiger partial charge in [-0.3, -0.25) is 0 Å². The van der Waals surface area contributed by atoms with Gasteiger partial charge in [-0.05, 0) is 46.9 Å². The fourth-order valence-electron chi connectivity index (χ4n) is 1.85. The highest BCUT2D eigenvalue weighted by atomic mass is 79.9. The lowest BCUT2D eigenvalue weighted by Crippen LogP contribution is -2.24. The molecule has 0 aliphatic carbocycles. The van der Waals surface area contributed by atoms with E-state index in [1.165, 1.54) is 9.35 Å². The van der Waals surface area contributed by atoms with Crippen molar-refractivity contribution in [3.63, 3.8) is 0 Å². The van der Waals surface area contributed by atoms with Crippen LogP contribution in [0.15, 0.2) is 28.2 Å². The maximum absolute atomic E-state index is 4.52. The van der Waals surface area contributed by atoms with Crippen LogP contribution in [0.4, 0.5) is 0 Å². The number of hydrogen-bond acceptors (Lipinski definition) is 4. The van der Waals surface area contributed by atoms with E-state index >= 15 is 0 Å². The van der Waals surface area contributed by atoms with Crippen LogP contribution in [0.1, 0.15) is 29.4 Å². The molecule has 0 spiro atoms. The van der Waals surface area contributed by atoms with Gasteiger partial charge in [-0.1, -0.05) is 6.92 Å². The summed E-state index contributed by atoms with van der Waals surface area (Å²) in [5.74, 6) is 0.820. The summed E-state index contributed by atoms with van der Waals surface area (Å²) in [6, 6.07) is 4.32. The van der Waals surface area contributed by atoms with E-state index in [9.17, 15) is 0 Å². The number of hydrogen-bond donors (Lipinski definition) is 1. The van der Waals surface area contributed by atoms with E-state index in [1.54, 1.807) is 11.3 Å². The lowest BCUT2D eigenvalue weighted by Gasteiger charge is -2.17. The molecule has 0 bridgehead atoms. The van der Waals surface area contributed by atoms with E-state index in [-0.39, 0.29) is 6.04 Å². The number of aromatic nitrogens is 2. The lowest BCUT2D eigenvalue weighted by molar-refractivity contribution is 0.536. The number of rotatable bonds is 5. The second-order valence-corrected chi connectivity index (χ2v) is 5.89. The first kappa shape index (κ1) is 13.6. The molecule has 5 heteroatoms. The van der Waals surface area contributed by atoms with E-state index in [4.69, 9.17) is 0 Å². The van der Waals surface area contributed by atoms with E-state index in [0.29, 0.717) is 0 Å². The van der Waals surface area contributed by atoms with Crippen LogP contribution in [0.3, 0.4) is 0 Å². The number of nitrogens with one attached hydrogen (secondary N) is 1. The van der Waals surface area contributed by atoms with E-state index in [2.05, 4.69) is 49.6 Å². The molecule has 2 aromatic rings. The minimum Gasteiger partial charge on any atom is -0.309 e. The smallest absolute Gasteiger partial charge is 0.125 e. The molecule has 1 unspecified atom stereocenters. The molecule has 0 aromatic carbocycles. The molecule has 2 aromatic heterocycles. The van der Waals surface area contributed by atoms with Gasteiger partial charge in [0.2, 0.25) is 0 Å². The molecule has 0 fully saturated rings. The van der Waals surface area contributed by atoms with Crippen LogP contribution in [-0.4, -0.2) is 16.5 Å². The monoisotopic (exact) mass is 325 g/mol. The molecule has 1 N–H and O–H groups in total. The zero-order valence-corrected chi connectivity index (χ0v) is 12.9. The minimum atomic E-state index is 0.242. The van der Waals surface area contributed by atoms with E-state index in [0.717, 1.165) is 24.5 Å². The van der Waals surface area contributed by atoms with Crippen LogP contribution in [0.25, 0.3) is 0 Å². The van der Waals surface area contributed by atoms with Gasteiger partial charge in [0.05, 0.1) is 11.7 Å². The third-order valence-corrected chi connectivity index (χ3v) is 4.63. The Morgan fingerprint density at radius 3 is 2.89 bits per heavy atom. The van der Waals surface area contributed by atoms with Crippen molar-refractivity contribution >= 4 is 27.3 Å². The van der Waals surface area contributed by atoms with Crippen LogP contribution < -0.4 is 5.32 Å². The minimum absolute atomic E-state index is 0.242. The third kappa shape index (κ3) is 3.37. The van der Waals surface area contributed by atoms with Gasteiger partial charge in [-0.15, -0.1) is 11.3 Å². The average Bonchev–Trinajstić information content (AvgIpc) is 2.74. The van der Waals surface area contributed by atoms with Crippen LogP contribution in [-0.2, 0) is 6.42 Å². The van der Waals surface area contributed by atoms with Crippen molar-refractivity contribution in [1.29, 1.82) is 0 Å². The summed E-state index contributed by atoms with van der Waals surface area (Å²) in [5, 5.41) is 5.59. The van der Waals surface area contributed by atoms with Gasteiger partial charge >= 0.3 is 0 Å². The molecule has 3 nitrogen and oxygen atoms in total. The topological polar surface area (TPSA) is 37.8 Å². The van der Waals surface area contributed by atoms with Gasteiger partial charge < -0.3 is 5.32 Å². The van der Waals surface area contributed by atoms with Gasteiger partial charge in [0.15, 0.2) is 0 Å². The maximum atomic E-state index is 4.52. The van der Waals surface area contributed by atoms with Gasteiger partial charge in [-0.25, -0.2) is 9.97 Å². The van der Waals surface area contributed by atoms with Crippen molar-refractivity contribution in [1.82, 2.24) is 15.3 Å². The molecule has 0 aliphatic heterocycles. The van der Waals surface area contributed by atoms with Crippen molar-refractivity contribution < 1.29 is 0 Å². The average molecular weight is 326 g/mol. The molecule has 0 amide bonds. The molecule has 2 heterocycles. The van der Waals surface area contributed by atoms with Crippen LogP contribution in [0.2, 0.25) is 0 Å². The largest absolute Gasteiger partial charge is 0.309 e. The van der Waals surface area contributed by atoms with E-state index in [1.807, 2.05) is 19.2 Å². The predicted molar refractivity (Wildman–Crippen MR) is 78.9 cm³/mol.